The van der Waals surface area contributed by atoms with Gasteiger partial charge in [0.15, 0.2) is 5.96 Å². The van der Waals surface area contributed by atoms with Gasteiger partial charge in [-0.2, -0.15) is 0 Å². The molecule has 0 bridgehead atoms. The summed E-state index contributed by atoms with van der Waals surface area (Å²) in [7, 11) is 0. The highest BCUT2D eigenvalue weighted by Gasteiger charge is 2.14. The Morgan fingerprint density at radius 2 is 2.17 bits per heavy atom. The van der Waals surface area contributed by atoms with Crippen LogP contribution in [0, 0.1) is 0 Å². The van der Waals surface area contributed by atoms with Gasteiger partial charge in [0.1, 0.15) is 0 Å². The zero-order valence-electron chi connectivity index (χ0n) is 15.4. The van der Waals surface area contributed by atoms with Crippen LogP contribution < -0.4 is 10.6 Å². The molecule has 0 aromatic rings. The molecular formula is C18H37N3O2. The molecule has 2 N–H and O–H groups in total. The summed E-state index contributed by atoms with van der Waals surface area (Å²) in [6, 6.07) is 0.468. The van der Waals surface area contributed by atoms with Gasteiger partial charge in [-0.15, -0.1) is 0 Å². The predicted octanol–water partition coefficient (Wildman–Crippen LogP) is 3.10. The number of nitrogens with zero attached hydrogens (tertiary/aromatic N) is 1. The normalized spacial score (nSPS) is 19.8. The van der Waals surface area contributed by atoms with Gasteiger partial charge in [0.2, 0.25) is 0 Å². The maximum absolute atomic E-state index is 5.67. The van der Waals surface area contributed by atoms with Crippen LogP contribution in [-0.4, -0.2) is 51.0 Å². The molecule has 1 rings (SSSR count). The van der Waals surface area contributed by atoms with E-state index in [1.54, 1.807) is 0 Å². The van der Waals surface area contributed by atoms with E-state index in [4.69, 9.17) is 9.47 Å². The molecule has 0 spiro atoms. The molecule has 5 heteroatoms. The van der Waals surface area contributed by atoms with Crippen LogP contribution in [0.15, 0.2) is 4.99 Å². The van der Waals surface area contributed by atoms with Crippen LogP contribution >= 0.6 is 0 Å². The van der Waals surface area contributed by atoms with E-state index >= 15 is 0 Å². The third kappa shape index (κ3) is 10.6. The minimum absolute atomic E-state index is 0.321. The third-order valence-corrected chi connectivity index (χ3v) is 4.01. The lowest BCUT2D eigenvalue weighted by Gasteiger charge is -2.17. The van der Waals surface area contributed by atoms with E-state index in [2.05, 4.69) is 36.4 Å². The van der Waals surface area contributed by atoms with E-state index in [1.165, 1.54) is 32.1 Å². The summed E-state index contributed by atoms with van der Waals surface area (Å²) in [4.78, 5) is 4.63. The Bertz CT molecular complexity index is 305. The maximum Gasteiger partial charge on any atom is 0.191 e. The van der Waals surface area contributed by atoms with Gasteiger partial charge in [-0.05, 0) is 39.5 Å². The Hall–Kier alpha value is -0.810. The first-order chi connectivity index (χ1) is 11.3. The van der Waals surface area contributed by atoms with Gasteiger partial charge in [-0.3, -0.25) is 4.99 Å². The lowest BCUT2D eigenvalue weighted by Crippen LogP contribution is -2.42. The van der Waals surface area contributed by atoms with Crippen LogP contribution in [0.25, 0.3) is 0 Å². The molecular weight excluding hydrogens is 290 g/mol. The smallest absolute Gasteiger partial charge is 0.191 e. The maximum atomic E-state index is 5.67. The Morgan fingerprint density at radius 1 is 1.30 bits per heavy atom. The number of rotatable bonds is 12. The van der Waals surface area contributed by atoms with Gasteiger partial charge >= 0.3 is 0 Å². The van der Waals surface area contributed by atoms with Crippen molar-refractivity contribution in [1.82, 2.24) is 10.6 Å². The summed E-state index contributed by atoms with van der Waals surface area (Å²) in [5.41, 5.74) is 0. The first-order valence-corrected chi connectivity index (χ1v) is 9.50. The summed E-state index contributed by atoms with van der Waals surface area (Å²) in [5.74, 6) is 0.927. The van der Waals surface area contributed by atoms with Crippen LogP contribution in [-0.2, 0) is 9.47 Å². The molecule has 1 aliphatic heterocycles. The Balaban J connectivity index is 2.12. The minimum atomic E-state index is 0.321. The second-order valence-electron chi connectivity index (χ2n) is 6.37. The first-order valence-electron chi connectivity index (χ1n) is 9.50. The van der Waals surface area contributed by atoms with E-state index in [0.29, 0.717) is 12.1 Å². The highest BCUT2D eigenvalue weighted by atomic mass is 16.5. The van der Waals surface area contributed by atoms with Crippen LogP contribution in [0.4, 0.5) is 0 Å². The topological polar surface area (TPSA) is 54.9 Å². The van der Waals surface area contributed by atoms with Gasteiger partial charge in [-0.25, -0.2) is 0 Å². The average Bonchev–Trinajstić information content (AvgIpc) is 3.04. The van der Waals surface area contributed by atoms with Crippen molar-refractivity contribution in [3.8, 4) is 0 Å². The van der Waals surface area contributed by atoms with Crippen LogP contribution in [0.3, 0.4) is 0 Å². The summed E-state index contributed by atoms with van der Waals surface area (Å²) >= 11 is 0. The van der Waals surface area contributed by atoms with Crippen molar-refractivity contribution in [1.29, 1.82) is 0 Å². The molecule has 0 aromatic heterocycles. The van der Waals surface area contributed by atoms with Gasteiger partial charge in [0, 0.05) is 32.3 Å². The Labute approximate surface area is 142 Å². The summed E-state index contributed by atoms with van der Waals surface area (Å²) in [6.07, 6.45) is 8.64. The number of nitrogens with one attached hydrogen (secondary N) is 2. The predicted molar refractivity (Wildman–Crippen MR) is 97.1 cm³/mol. The molecule has 0 saturated carbocycles. The fraction of sp³-hybridized carbons (Fsp3) is 0.944. The molecule has 5 nitrogen and oxygen atoms in total. The molecule has 136 valence electrons. The molecule has 0 amide bonds. The Morgan fingerprint density at radius 3 is 2.87 bits per heavy atom. The van der Waals surface area contributed by atoms with E-state index < -0.39 is 0 Å². The second kappa shape index (κ2) is 13.6. The lowest BCUT2D eigenvalue weighted by atomic mass is 10.1. The summed E-state index contributed by atoms with van der Waals surface area (Å²) in [6.45, 7) is 10.6. The molecule has 23 heavy (non-hydrogen) atoms. The molecule has 0 radical (unpaired) electrons. The van der Waals surface area contributed by atoms with Crippen molar-refractivity contribution < 1.29 is 9.47 Å². The molecule has 2 unspecified atom stereocenters. The second-order valence-corrected chi connectivity index (χ2v) is 6.37. The van der Waals surface area contributed by atoms with E-state index in [0.717, 1.165) is 51.7 Å². The third-order valence-electron chi connectivity index (χ3n) is 4.01. The van der Waals surface area contributed by atoms with Crippen molar-refractivity contribution in [2.45, 2.75) is 77.9 Å². The highest BCUT2D eigenvalue weighted by Crippen LogP contribution is 2.11. The molecule has 1 fully saturated rings. The van der Waals surface area contributed by atoms with Gasteiger partial charge in [0.05, 0.1) is 12.7 Å². The van der Waals surface area contributed by atoms with Gasteiger partial charge < -0.3 is 20.1 Å². The quantitative estimate of drug-likeness (QED) is 0.328. The number of hydrogen-bond acceptors (Lipinski definition) is 3. The van der Waals surface area contributed by atoms with E-state index in [-0.39, 0.29) is 0 Å². The van der Waals surface area contributed by atoms with E-state index in [1.807, 2.05) is 0 Å². The first kappa shape index (κ1) is 20.2. The minimum Gasteiger partial charge on any atom is -0.379 e. The monoisotopic (exact) mass is 327 g/mol. The molecule has 2 atom stereocenters. The number of aliphatic imine (C=N–C) groups is 1. The van der Waals surface area contributed by atoms with Crippen LogP contribution in [0.2, 0.25) is 0 Å². The zero-order valence-corrected chi connectivity index (χ0v) is 15.4. The number of guanidine groups is 1. The van der Waals surface area contributed by atoms with Gasteiger partial charge in [0.25, 0.3) is 0 Å². The molecule has 1 aliphatic rings. The van der Waals surface area contributed by atoms with Crippen molar-refractivity contribution in [2.24, 2.45) is 4.99 Å². The van der Waals surface area contributed by atoms with E-state index in [9.17, 15) is 0 Å². The Kier molecular flexibility index (Phi) is 12.0. The van der Waals surface area contributed by atoms with Crippen LogP contribution in [0.5, 0.6) is 0 Å². The van der Waals surface area contributed by atoms with Crippen molar-refractivity contribution >= 4 is 5.96 Å². The SMILES string of the molecule is CCCCCC(C)NC(=NCCCOCC1CCCO1)NCC. The summed E-state index contributed by atoms with van der Waals surface area (Å²) in [5, 5.41) is 6.81. The average molecular weight is 328 g/mol. The van der Waals surface area contributed by atoms with Crippen molar-refractivity contribution in [3.63, 3.8) is 0 Å². The zero-order chi connectivity index (χ0) is 16.8. The number of ether oxygens (including phenoxy) is 2. The fourth-order valence-electron chi connectivity index (χ4n) is 2.67. The fourth-order valence-corrected chi connectivity index (χ4v) is 2.67. The van der Waals surface area contributed by atoms with Crippen LogP contribution in [0.1, 0.15) is 65.7 Å². The molecule has 1 heterocycles. The lowest BCUT2D eigenvalue weighted by molar-refractivity contribution is 0.0171. The number of hydrogen-bond donors (Lipinski definition) is 2. The standard InChI is InChI=1S/C18H37N3O2/c1-4-6-7-10-16(3)21-18(19-5-2)20-12-9-13-22-15-17-11-8-14-23-17/h16-17H,4-15H2,1-3H3,(H2,19,20,21). The molecule has 0 aromatic carbocycles. The summed E-state index contributed by atoms with van der Waals surface area (Å²) < 4.78 is 11.2. The largest absolute Gasteiger partial charge is 0.379 e. The van der Waals surface area contributed by atoms with Gasteiger partial charge in [-0.1, -0.05) is 26.2 Å². The molecule has 1 saturated heterocycles. The number of unbranched alkanes of at least 4 members (excludes halogenated alkanes) is 2. The van der Waals surface area contributed by atoms with Crippen molar-refractivity contribution in [2.75, 3.05) is 32.9 Å². The highest BCUT2D eigenvalue weighted by molar-refractivity contribution is 5.79. The molecule has 0 aliphatic carbocycles. The van der Waals surface area contributed by atoms with Crippen molar-refractivity contribution in [3.05, 3.63) is 0 Å².